The fourth-order valence-corrected chi connectivity index (χ4v) is 4.64. The van der Waals surface area contributed by atoms with E-state index in [-0.39, 0.29) is 11.5 Å². The number of thioether (sulfide) groups is 1. The Morgan fingerprint density at radius 3 is 2.55 bits per heavy atom. The number of benzene rings is 3. The van der Waals surface area contributed by atoms with Gasteiger partial charge in [-0.3, -0.25) is 14.7 Å². The van der Waals surface area contributed by atoms with Crippen LogP contribution in [0, 0.1) is 17.0 Å². The Morgan fingerprint density at radius 1 is 1.07 bits per heavy atom. The van der Waals surface area contributed by atoms with Gasteiger partial charge in [-0.2, -0.15) is 0 Å². The summed E-state index contributed by atoms with van der Waals surface area (Å²) >= 11 is 7.36. The molecule has 4 aromatic rings. The molecule has 1 aromatic heterocycles. The Bertz CT molecular complexity index is 1170. The monoisotopic (exact) mass is 424 g/mol. The molecule has 29 heavy (non-hydrogen) atoms. The predicted molar refractivity (Wildman–Crippen MR) is 116 cm³/mol. The molecule has 3 aromatic carbocycles. The van der Waals surface area contributed by atoms with Crippen LogP contribution < -0.4 is 0 Å². The number of nitrogens with zero attached hydrogens (tertiary/aromatic N) is 4. The van der Waals surface area contributed by atoms with Crippen LogP contribution in [0.5, 0.6) is 0 Å². The highest BCUT2D eigenvalue weighted by Gasteiger charge is 2.25. The van der Waals surface area contributed by atoms with Crippen molar-refractivity contribution in [3.05, 3.63) is 93.3 Å². The van der Waals surface area contributed by atoms with Gasteiger partial charge in [0.1, 0.15) is 11.1 Å². The topological polar surface area (TPSA) is 73.8 Å². The summed E-state index contributed by atoms with van der Waals surface area (Å²) in [6.07, 6.45) is 0. The summed E-state index contributed by atoms with van der Waals surface area (Å²) in [5.41, 5.74) is 1.77. The number of aryl methyl sites for hydroxylation is 1. The van der Waals surface area contributed by atoms with Gasteiger partial charge in [0, 0.05) is 15.6 Å². The molecule has 0 amide bonds. The Labute approximate surface area is 176 Å². The van der Waals surface area contributed by atoms with E-state index in [2.05, 4.69) is 10.2 Å². The van der Waals surface area contributed by atoms with Crippen molar-refractivity contribution in [3.8, 4) is 5.69 Å². The van der Waals surface area contributed by atoms with E-state index < -0.39 is 5.25 Å². The molecule has 1 atom stereocenters. The van der Waals surface area contributed by atoms with E-state index in [0.717, 1.165) is 22.0 Å². The van der Waals surface area contributed by atoms with Crippen molar-refractivity contribution in [1.29, 1.82) is 0 Å². The summed E-state index contributed by atoms with van der Waals surface area (Å²) < 4.78 is 1.89. The highest BCUT2D eigenvalue weighted by molar-refractivity contribution is 7.99. The molecule has 0 fully saturated rings. The molecule has 146 valence electrons. The Balaban J connectivity index is 1.77. The average Bonchev–Trinajstić information content (AvgIpc) is 3.07. The summed E-state index contributed by atoms with van der Waals surface area (Å²) in [5, 5.41) is 22.8. The van der Waals surface area contributed by atoms with Gasteiger partial charge < -0.3 is 0 Å². The zero-order valence-electron chi connectivity index (χ0n) is 15.5. The first-order valence-corrected chi connectivity index (χ1v) is 10.2. The lowest BCUT2D eigenvalue weighted by molar-refractivity contribution is -0.479. The van der Waals surface area contributed by atoms with Crippen molar-refractivity contribution in [3.63, 3.8) is 0 Å². The van der Waals surface area contributed by atoms with Crippen molar-refractivity contribution in [2.45, 2.75) is 17.3 Å². The summed E-state index contributed by atoms with van der Waals surface area (Å²) in [7, 11) is 0. The third-order valence-corrected chi connectivity index (χ3v) is 6.03. The number of nitro groups is 1. The van der Waals surface area contributed by atoms with Gasteiger partial charge in [0.2, 0.25) is 6.54 Å². The predicted octanol–water partition coefficient (Wildman–Crippen LogP) is 5.49. The van der Waals surface area contributed by atoms with E-state index >= 15 is 0 Å². The van der Waals surface area contributed by atoms with Crippen LogP contribution in [0.4, 0.5) is 0 Å². The number of aromatic nitrogens is 3. The first-order valence-electron chi connectivity index (χ1n) is 8.97. The van der Waals surface area contributed by atoms with Crippen LogP contribution in [-0.2, 0) is 0 Å². The van der Waals surface area contributed by atoms with Gasteiger partial charge in [0.15, 0.2) is 5.16 Å². The van der Waals surface area contributed by atoms with E-state index in [0.29, 0.717) is 16.0 Å². The molecule has 1 heterocycles. The molecule has 0 saturated heterocycles. The van der Waals surface area contributed by atoms with Gasteiger partial charge in [-0.05, 0) is 47.5 Å². The van der Waals surface area contributed by atoms with E-state index in [1.165, 1.54) is 11.8 Å². The van der Waals surface area contributed by atoms with Gasteiger partial charge in [-0.1, -0.05) is 65.8 Å². The van der Waals surface area contributed by atoms with E-state index in [1.807, 2.05) is 66.1 Å². The Morgan fingerprint density at radius 2 is 1.79 bits per heavy atom. The molecule has 0 spiro atoms. The smallest absolute Gasteiger partial charge is 0.220 e. The zero-order valence-corrected chi connectivity index (χ0v) is 17.1. The fraction of sp³-hybridized carbons (Fsp3) is 0.143. The standard InChI is InChI=1S/C21H17ClN4O2S/c1-14-23-24-21(26(14)17-11-9-16(22)10-12-17)29-20(13-25(27)28)19-8-4-6-15-5-2-3-7-18(15)19/h2-12,20H,13H2,1H3/t20-/m1/s1. The lowest BCUT2D eigenvalue weighted by atomic mass is 10.0. The lowest BCUT2D eigenvalue weighted by Crippen LogP contribution is -2.11. The van der Waals surface area contributed by atoms with Crippen LogP contribution in [0.25, 0.3) is 16.5 Å². The maximum Gasteiger partial charge on any atom is 0.220 e. The molecule has 0 aliphatic rings. The van der Waals surface area contributed by atoms with Gasteiger partial charge in [-0.25, -0.2) is 0 Å². The van der Waals surface area contributed by atoms with Gasteiger partial charge >= 0.3 is 0 Å². The quantitative estimate of drug-likeness (QED) is 0.232. The van der Waals surface area contributed by atoms with Gasteiger partial charge in [0.05, 0.1) is 0 Å². The first kappa shape index (κ1) is 19.4. The molecule has 8 heteroatoms. The van der Waals surface area contributed by atoms with Crippen LogP contribution in [-0.4, -0.2) is 26.2 Å². The first-order chi connectivity index (χ1) is 14.0. The zero-order chi connectivity index (χ0) is 20.4. The molecule has 4 rings (SSSR count). The van der Waals surface area contributed by atoms with E-state index in [9.17, 15) is 10.1 Å². The molecule has 0 unspecified atom stereocenters. The van der Waals surface area contributed by atoms with Crippen LogP contribution in [0.3, 0.4) is 0 Å². The second kappa shape index (κ2) is 8.23. The van der Waals surface area contributed by atoms with E-state index in [4.69, 9.17) is 11.6 Å². The number of hydrogen-bond acceptors (Lipinski definition) is 5. The number of rotatable bonds is 6. The van der Waals surface area contributed by atoms with Crippen molar-refractivity contribution in [2.75, 3.05) is 6.54 Å². The number of halogens is 1. The minimum atomic E-state index is -0.411. The largest absolute Gasteiger partial charge is 0.274 e. The third kappa shape index (κ3) is 4.11. The number of fused-ring (bicyclic) bond motifs is 1. The summed E-state index contributed by atoms with van der Waals surface area (Å²) in [6, 6.07) is 21.1. The fourth-order valence-electron chi connectivity index (χ4n) is 3.30. The van der Waals surface area contributed by atoms with Crippen molar-refractivity contribution < 1.29 is 4.92 Å². The molecule has 0 radical (unpaired) electrons. The maximum atomic E-state index is 11.4. The van der Waals surface area contributed by atoms with E-state index in [1.54, 1.807) is 12.1 Å². The summed E-state index contributed by atoms with van der Waals surface area (Å²) in [4.78, 5) is 11.2. The van der Waals surface area contributed by atoms with Crippen LogP contribution in [0.15, 0.2) is 71.9 Å². The van der Waals surface area contributed by atoms with Crippen LogP contribution >= 0.6 is 23.4 Å². The highest BCUT2D eigenvalue weighted by atomic mass is 35.5. The lowest BCUT2D eigenvalue weighted by Gasteiger charge is -2.16. The molecule has 0 N–H and O–H groups in total. The molecule has 0 aliphatic carbocycles. The second-order valence-electron chi connectivity index (χ2n) is 6.53. The van der Waals surface area contributed by atoms with Gasteiger partial charge in [0.25, 0.3) is 0 Å². The van der Waals surface area contributed by atoms with Gasteiger partial charge in [-0.15, -0.1) is 10.2 Å². The summed E-state index contributed by atoms with van der Waals surface area (Å²) in [6.45, 7) is 1.64. The molecule has 0 saturated carbocycles. The normalized spacial score (nSPS) is 12.2. The van der Waals surface area contributed by atoms with Crippen molar-refractivity contribution in [2.24, 2.45) is 0 Å². The maximum absolute atomic E-state index is 11.4. The molecular weight excluding hydrogens is 408 g/mol. The average molecular weight is 425 g/mol. The second-order valence-corrected chi connectivity index (χ2v) is 8.14. The minimum absolute atomic E-state index is 0.217. The molecule has 0 bridgehead atoms. The summed E-state index contributed by atoms with van der Waals surface area (Å²) in [5.74, 6) is 0.701. The van der Waals surface area contributed by atoms with Crippen LogP contribution in [0.1, 0.15) is 16.6 Å². The SMILES string of the molecule is Cc1nnc(S[C@H](C[N+](=O)[O-])c2cccc3ccccc23)n1-c1ccc(Cl)cc1. The molecule has 0 aliphatic heterocycles. The molecule has 6 nitrogen and oxygen atoms in total. The van der Waals surface area contributed by atoms with Crippen molar-refractivity contribution in [1.82, 2.24) is 14.8 Å². The minimum Gasteiger partial charge on any atom is -0.274 e. The van der Waals surface area contributed by atoms with Crippen LogP contribution in [0.2, 0.25) is 5.02 Å². The third-order valence-electron chi connectivity index (χ3n) is 4.61. The van der Waals surface area contributed by atoms with Crippen molar-refractivity contribution >= 4 is 34.1 Å². The Hall–Kier alpha value is -2.90. The Kier molecular flexibility index (Phi) is 5.51. The highest BCUT2D eigenvalue weighted by Crippen LogP contribution is 2.39. The number of hydrogen-bond donors (Lipinski definition) is 0. The molecular formula is C21H17ClN4O2S.